The van der Waals surface area contributed by atoms with E-state index < -0.39 is 5.91 Å². The molecule has 1 amide bonds. The van der Waals surface area contributed by atoms with Crippen molar-refractivity contribution in [2.75, 3.05) is 12.2 Å². The summed E-state index contributed by atoms with van der Waals surface area (Å²) in [6.07, 6.45) is 0. The summed E-state index contributed by atoms with van der Waals surface area (Å²) in [7, 11) is 1.54. The lowest BCUT2D eigenvalue weighted by Gasteiger charge is -2.16. The second kappa shape index (κ2) is 5.73. The van der Waals surface area contributed by atoms with Gasteiger partial charge in [0.1, 0.15) is 5.75 Å². The van der Waals surface area contributed by atoms with Crippen LogP contribution in [0.15, 0.2) is 48.5 Å². The molecule has 98 valence electrons. The molecule has 0 saturated heterocycles. The summed E-state index contributed by atoms with van der Waals surface area (Å²) in [5.41, 5.74) is 0.577. The van der Waals surface area contributed by atoms with E-state index in [-0.39, 0.29) is 5.69 Å². The number of halogens is 1. The highest BCUT2D eigenvalue weighted by Gasteiger charge is 2.17. The van der Waals surface area contributed by atoms with Gasteiger partial charge in [0, 0.05) is 5.56 Å². The lowest BCUT2D eigenvalue weighted by molar-refractivity contribution is 0.0855. The fourth-order valence-corrected chi connectivity index (χ4v) is 1.80. The van der Waals surface area contributed by atoms with Crippen molar-refractivity contribution in [1.29, 1.82) is 0 Å². The molecule has 0 atom stereocenters. The molecule has 0 bridgehead atoms. The van der Waals surface area contributed by atoms with Gasteiger partial charge in [-0.2, -0.15) is 5.06 Å². The number of amides is 1. The van der Waals surface area contributed by atoms with Crippen LogP contribution in [-0.4, -0.2) is 18.2 Å². The van der Waals surface area contributed by atoms with Gasteiger partial charge in [-0.25, -0.2) is 0 Å². The number of carbonyl (C=O) groups is 1. The second-order valence-corrected chi connectivity index (χ2v) is 4.20. The molecule has 0 saturated carbocycles. The van der Waals surface area contributed by atoms with Crippen LogP contribution >= 0.6 is 11.6 Å². The van der Waals surface area contributed by atoms with Gasteiger partial charge in [-0.15, -0.1) is 0 Å². The fourth-order valence-electron chi connectivity index (χ4n) is 1.59. The molecule has 0 fully saturated rings. The van der Waals surface area contributed by atoms with E-state index in [2.05, 4.69) is 0 Å². The first-order valence-corrected chi connectivity index (χ1v) is 5.93. The lowest BCUT2D eigenvalue weighted by atomic mass is 10.2. The van der Waals surface area contributed by atoms with Gasteiger partial charge in [0.15, 0.2) is 0 Å². The highest BCUT2D eigenvalue weighted by molar-refractivity contribution is 6.33. The van der Waals surface area contributed by atoms with Gasteiger partial charge < -0.3 is 4.74 Å². The van der Waals surface area contributed by atoms with Crippen molar-refractivity contribution in [1.82, 2.24) is 0 Å². The van der Waals surface area contributed by atoms with Crippen molar-refractivity contribution in [3.63, 3.8) is 0 Å². The van der Waals surface area contributed by atoms with Gasteiger partial charge >= 0.3 is 0 Å². The van der Waals surface area contributed by atoms with Gasteiger partial charge in [-0.1, -0.05) is 23.7 Å². The first-order chi connectivity index (χ1) is 9.13. The van der Waals surface area contributed by atoms with Crippen LogP contribution in [0.2, 0.25) is 5.02 Å². The molecule has 4 nitrogen and oxygen atoms in total. The molecule has 0 radical (unpaired) electrons. The standard InChI is InChI=1S/C14H12ClNO3/c1-19-11-8-6-10(7-9-11)14(17)16(18)13-5-3-2-4-12(13)15/h2-9,18H,1H3. The molecule has 2 rings (SSSR count). The van der Waals surface area contributed by atoms with Crippen molar-refractivity contribution in [2.24, 2.45) is 0 Å². The third-order valence-corrected chi connectivity index (χ3v) is 2.93. The number of hydrogen-bond acceptors (Lipinski definition) is 3. The van der Waals surface area contributed by atoms with Crippen molar-refractivity contribution < 1.29 is 14.7 Å². The van der Waals surface area contributed by atoms with Crippen molar-refractivity contribution in [3.05, 3.63) is 59.1 Å². The molecular weight excluding hydrogens is 266 g/mol. The van der Waals surface area contributed by atoms with Gasteiger partial charge in [0.25, 0.3) is 5.91 Å². The topological polar surface area (TPSA) is 49.8 Å². The average Bonchev–Trinajstić information content (AvgIpc) is 2.46. The summed E-state index contributed by atoms with van der Waals surface area (Å²) in [5, 5.41) is 10.7. The van der Waals surface area contributed by atoms with E-state index in [4.69, 9.17) is 16.3 Å². The van der Waals surface area contributed by atoms with E-state index in [1.54, 1.807) is 55.6 Å². The summed E-state index contributed by atoms with van der Waals surface area (Å²) in [6.45, 7) is 0. The number of methoxy groups -OCH3 is 1. The quantitative estimate of drug-likeness (QED) is 0.691. The Morgan fingerprint density at radius 1 is 1.16 bits per heavy atom. The van der Waals surface area contributed by atoms with Gasteiger partial charge in [0.2, 0.25) is 0 Å². The molecule has 0 aliphatic heterocycles. The van der Waals surface area contributed by atoms with Gasteiger partial charge in [-0.05, 0) is 36.4 Å². The predicted octanol–water partition coefficient (Wildman–Crippen LogP) is 3.38. The molecule has 2 aromatic carbocycles. The van der Waals surface area contributed by atoms with Crippen LogP contribution in [0.1, 0.15) is 10.4 Å². The Hall–Kier alpha value is -2.04. The van der Waals surface area contributed by atoms with E-state index >= 15 is 0 Å². The predicted molar refractivity (Wildman–Crippen MR) is 73.0 cm³/mol. The maximum Gasteiger partial charge on any atom is 0.282 e. The summed E-state index contributed by atoms with van der Waals surface area (Å²) in [5.74, 6) is 0.0783. The summed E-state index contributed by atoms with van der Waals surface area (Å²) < 4.78 is 5.00. The van der Waals surface area contributed by atoms with Crippen LogP contribution in [0.5, 0.6) is 5.75 Å². The van der Waals surface area contributed by atoms with Crippen LogP contribution in [0, 0.1) is 0 Å². The summed E-state index contributed by atoms with van der Waals surface area (Å²) in [6, 6.07) is 13.0. The highest BCUT2D eigenvalue weighted by atomic mass is 35.5. The number of anilines is 1. The minimum absolute atomic E-state index is 0.241. The number of hydrogen-bond donors (Lipinski definition) is 1. The third kappa shape index (κ3) is 2.86. The molecule has 0 heterocycles. The van der Waals surface area contributed by atoms with Crippen LogP contribution < -0.4 is 9.80 Å². The average molecular weight is 278 g/mol. The van der Waals surface area contributed by atoms with Gasteiger partial charge in [0.05, 0.1) is 17.8 Å². The molecule has 5 heteroatoms. The number of hydroxylamine groups is 1. The van der Waals surface area contributed by atoms with Crippen LogP contribution in [0.25, 0.3) is 0 Å². The first kappa shape index (κ1) is 13.4. The van der Waals surface area contributed by atoms with Crippen molar-refractivity contribution in [2.45, 2.75) is 0 Å². The Morgan fingerprint density at radius 3 is 2.37 bits per heavy atom. The molecule has 0 spiro atoms. The maximum absolute atomic E-state index is 12.1. The number of ether oxygens (including phenoxy) is 1. The largest absolute Gasteiger partial charge is 0.497 e. The molecular formula is C14H12ClNO3. The molecule has 0 aromatic heterocycles. The zero-order valence-electron chi connectivity index (χ0n) is 10.2. The Morgan fingerprint density at radius 2 is 1.79 bits per heavy atom. The van der Waals surface area contributed by atoms with E-state index in [1.165, 1.54) is 0 Å². The lowest BCUT2D eigenvalue weighted by Crippen LogP contribution is -2.27. The zero-order valence-corrected chi connectivity index (χ0v) is 11.0. The normalized spacial score (nSPS) is 10.1. The number of carbonyl (C=O) groups excluding carboxylic acids is 1. The van der Waals surface area contributed by atoms with E-state index in [0.717, 1.165) is 0 Å². The molecule has 0 aliphatic carbocycles. The molecule has 0 unspecified atom stereocenters. The number of nitrogens with zero attached hydrogens (tertiary/aromatic N) is 1. The van der Waals surface area contributed by atoms with E-state index in [0.29, 0.717) is 21.4 Å². The van der Waals surface area contributed by atoms with Crippen molar-refractivity contribution in [3.8, 4) is 5.75 Å². The van der Waals surface area contributed by atoms with Crippen LogP contribution in [0.3, 0.4) is 0 Å². The fraction of sp³-hybridized carbons (Fsp3) is 0.0714. The number of rotatable bonds is 3. The molecule has 19 heavy (non-hydrogen) atoms. The SMILES string of the molecule is COc1ccc(C(=O)N(O)c2ccccc2Cl)cc1. The van der Waals surface area contributed by atoms with Crippen LogP contribution in [-0.2, 0) is 0 Å². The van der Waals surface area contributed by atoms with E-state index in [9.17, 15) is 10.0 Å². The minimum Gasteiger partial charge on any atom is -0.497 e. The second-order valence-electron chi connectivity index (χ2n) is 3.80. The summed E-state index contributed by atoms with van der Waals surface area (Å²) in [4.78, 5) is 12.1. The Bertz CT molecular complexity index is 583. The monoisotopic (exact) mass is 277 g/mol. The maximum atomic E-state index is 12.1. The number of para-hydroxylation sites is 1. The van der Waals surface area contributed by atoms with Gasteiger partial charge in [-0.3, -0.25) is 10.0 Å². The first-order valence-electron chi connectivity index (χ1n) is 5.55. The Balaban J connectivity index is 2.26. The molecule has 2 aromatic rings. The Kier molecular flexibility index (Phi) is 4.04. The van der Waals surface area contributed by atoms with E-state index in [1.807, 2.05) is 0 Å². The highest BCUT2D eigenvalue weighted by Crippen LogP contribution is 2.25. The summed E-state index contributed by atoms with van der Waals surface area (Å²) >= 11 is 5.92. The minimum atomic E-state index is -0.559. The van der Waals surface area contributed by atoms with Crippen LogP contribution in [0.4, 0.5) is 5.69 Å². The number of benzene rings is 2. The smallest absolute Gasteiger partial charge is 0.282 e. The molecule has 0 aliphatic rings. The van der Waals surface area contributed by atoms with Crippen molar-refractivity contribution >= 4 is 23.2 Å². The Labute approximate surface area is 115 Å². The zero-order chi connectivity index (χ0) is 13.8. The third-order valence-electron chi connectivity index (χ3n) is 2.61. The molecule has 1 N–H and O–H groups in total.